The van der Waals surface area contributed by atoms with E-state index in [-0.39, 0.29) is 0 Å². The maximum atomic E-state index is 4.65. The summed E-state index contributed by atoms with van der Waals surface area (Å²) in [6.07, 6.45) is 4.89. The lowest BCUT2D eigenvalue weighted by molar-refractivity contribution is 0.731. The minimum atomic E-state index is 0.381. The Balaban J connectivity index is 2.63. The third-order valence-electron chi connectivity index (χ3n) is 3.63. The molecule has 0 spiro atoms. The van der Waals surface area contributed by atoms with Gasteiger partial charge in [-0.15, -0.1) is 5.10 Å². The van der Waals surface area contributed by atoms with Crippen molar-refractivity contribution < 1.29 is 0 Å². The minimum absolute atomic E-state index is 0.381. The summed E-state index contributed by atoms with van der Waals surface area (Å²) in [5.41, 5.74) is 3.25. The van der Waals surface area contributed by atoms with Gasteiger partial charge in [-0.1, -0.05) is 13.5 Å². The lowest BCUT2D eigenvalue weighted by Gasteiger charge is -2.31. The molecule has 102 valence electrons. The average molecular weight is 258 g/mol. The van der Waals surface area contributed by atoms with Gasteiger partial charge in [0.2, 0.25) is 0 Å². The van der Waals surface area contributed by atoms with Gasteiger partial charge in [0.1, 0.15) is 5.82 Å². The fraction of sp³-hybridized carbons (Fsp3) is 0.467. The van der Waals surface area contributed by atoms with Crippen LogP contribution in [0.1, 0.15) is 33.3 Å². The highest BCUT2D eigenvalue weighted by molar-refractivity contribution is 5.94. The van der Waals surface area contributed by atoms with Crippen LogP contribution in [-0.2, 0) is 6.42 Å². The summed E-state index contributed by atoms with van der Waals surface area (Å²) < 4.78 is 1.99. The standard InChI is InChI=1S/C15H22N4/c1-7-10(3)16-14-13(8-2)15-18(6)11(4)9-12(5)19(15)17-14/h7,9,11H,1,8H2,2-6H3. The second-order valence-corrected chi connectivity index (χ2v) is 5.01. The van der Waals surface area contributed by atoms with Gasteiger partial charge in [-0.05, 0) is 39.3 Å². The SMILES string of the molecule is C=CC(C)=Nc1nn2c(c1CC)N(C)C(C)C=C2C. The van der Waals surface area contributed by atoms with Crippen LogP contribution in [0.3, 0.4) is 0 Å². The van der Waals surface area contributed by atoms with Crippen LogP contribution in [0.5, 0.6) is 0 Å². The molecule has 4 heteroatoms. The first-order valence-corrected chi connectivity index (χ1v) is 6.70. The summed E-state index contributed by atoms with van der Waals surface area (Å²) in [6, 6.07) is 0.381. The van der Waals surface area contributed by atoms with E-state index in [9.17, 15) is 0 Å². The predicted octanol–water partition coefficient (Wildman–Crippen LogP) is 3.42. The van der Waals surface area contributed by atoms with Crippen LogP contribution in [0.25, 0.3) is 5.70 Å². The van der Waals surface area contributed by atoms with Gasteiger partial charge < -0.3 is 4.90 Å². The molecule has 2 rings (SSSR count). The van der Waals surface area contributed by atoms with E-state index in [1.54, 1.807) is 6.08 Å². The Morgan fingerprint density at radius 2 is 2.26 bits per heavy atom. The second-order valence-electron chi connectivity index (χ2n) is 5.01. The second kappa shape index (κ2) is 5.03. The monoisotopic (exact) mass is 258 g/mol. The maximum absolute atomic E-state index is 4.65. The molecule has 0 fully saturated rings. The van der Waals surface area contributed by atoms with Crippen molar-refractivity contribution in [1.29, 1.82) is 0 Å². The molecular weight excluding hydrogens is 236 g/mol. The third kappa shape index (κ3) is 2.23. The molecule has 1 aromatic heterocycles. The molecular formula is C15H22N4. The van der Waals surface area contributed by atoms with Crippen molar-refractivity contribution in [3.63, 3.8) is 0 Å². The first-order valence-electron chi connectivity index (χ1n) is 6.70. The molecule has 2 heterocycles. The normalized spacial score (nSPS) is 19.2. The van der Waals surface area contributed by atoms with E-state index in [1.807, 2.05) is 11.6 Å². The van der Waals surface area contributed by atoms with Crippen molar-refractivity contribution in [1.82, 2.24) is 9.78 Å². The van der Waals surface area contributed by atoms with Crippen molar-refractivity contribution in [3.8, 4) is 0 Å². The fourth-order valence-electron chi connectivity index (χ4n) is 2.38. The Morgan fingerprint density at radius 1 is 1.58 bits per heavy atom. The number of allylic oxidation sites excluding steroid dienone is 2. The van der Waals surface area contributed by atoms with E-state index in [4.69, 9.17) is 0 Å². The van der Waals surface area contributed by atoms with Crippen molar-refractivity contribution in [2.75, 3.05) is 11.9 Å². The topological polar surface area (TPSA) is 33.4 Å². The Morgan fingerprint density at radius 3 is 2.84 bits per heavy atom. The smallest absolute Gasteiger partial charge is 0.179 e. The number of fused-ring (bicyclic) bond motifs is 1. The van der Waals surface area contributed by atoms with Crippen LogP contribution in [0, 0.1) is 0 Å². The van der Waals surface area contributed by atoms with Gasteiger partial charge in [0.15, 0.2) is 5.82 Å². The summed E-state index contributed by atoms with van der Waals surface area (Å²) in [5.74, 6) is 1.97. The molecule has 0 radical (unpaired) electrons. The number of nitrogens with zero attached hydrogens (tertiary/aromatic N) is 4. The zero-order valence-electron chi connectivity index (χ0n) is 12.4. The largest absolute Gasteiger partial charge is 0.353 e. The van der Waals surface area contributed by atoms with Crippen molar-refractivity contribution in [2.45, 2.75) is 40.2 Å². The van der Waals surface area contributed by atoms with Crippen LogP contribution >= 0.6 is 0 Å². The highest BCUT2D eigenvalue weighted by Crippen LogP contribution is 2.35. The van der Waals surface area contributed by atoms with Gasteiger partial charge in [0, 0.05) is 30.1 Å². The molecule has 0 bridgehead atoms. The van der Waals surface area contributed by atoms with Gasteiger partial charge in [-0.3, -0.25) is 0 Å². The lowest BCUT2D eigenvalue weighted by Crippen LogP contribution is -2.33. The van der Waals surface area contributed by atoms with E-state index >= 15 is 0 Å². The van der Waals surface area contributed by atoms with Crippen LogP contribution < -0.4 is 4.90 Å². The molecule has 1 aliphatic rings. The number of aliphatic imine (C=N–C) groups is 1. The molecule has 0 N–H and O–H groups in total. The Bertz CT molecular complexity index is 563. The zero-order valence-corrected chi connectivity index (χ0v) is 12.4. The first kappa shape index (κ1) is 13.6. The molecule has 0 amide bonds. The fourth-order valence-corrected chi connectivity index (χ4v) is 2.38. The number of hydrogen-bond donors (Lipinski definition) is 0. The molecule has 4 nitrogen and oxygen atoms in total. The molecule has 0 saturated heterocycles. The summed E-state index contributed by atoms with van der Waals surface area (Å²) >= 11 is 0. The molecule has 0 aliphatic carbocycles. The van der Waals surface area contributed by atoms with E-state index in [1.165, 1.54) is 5.56 Å². The van der Waals surface area contributed by atoms with E-state index in [0.717, 1.165) is 29.5 Å². The van der Waals surface area contributed by atoms with Gasteiger partial charge in [-0.25, -0.2) is 9.67 Å². The Labute approximate surface area is 115 Å². The molecule has 1 atom stereocenters. The lowest BCUT2D eigenvalue weighted by atomic mass is 10.1. The van der Waals surface area contributed by atoms with E-state index in [2.05, 4.69) is 55.5 Å². The van der Waals surface area contributed by atoms with Crippen LogP contribution in [0.4, 0.5) is 11.6 Å². The minimum Gasteiger partial charge on any atom is -0.353 e. The van der Waals surface area contributed by atoms with Crippen molar-refractivity contribution in [3.05, 3.63) is 24.3 Å². The number of aromatic nitrogens is 2. The molecule has 1 aliphatic heterocycles. The Hall–Kier alpha value is -1.84. The average Bonchev–Trinajstić information content (AvgIpc) is 2.74. The molecule has 1 aromatic rings. The zero-order chi connectivity index (χ0) is 14.2. The highest BCUT2D eigenvalue weighted by Gasteiger charge is 2.26. The molecule has 1 unspecified atom stereocenters. The summed E-state index contributed by atoms with van der Waals surface area (Å²) in [7, 11) is 2.11. The Kier molecular flexibility index (Phi) is 3.60. The molecule has 0 saturated carbocycles. The highest BCUT2D eigenvalue weighted by atomic mass is 15.4. The number of anilines is 1. The van der Waals surface area contributed by atoms with Crippen molar-refractivity contribution >= 4 is 23.0 Å². The van der Waals surface area contributed by atoms with Gasteiger partial charge in [-0.2, -0.15) is 0 Å². The predicted molar refractivity (Wildman–Crippen MR) is 82.4 cm³/mol. The third-order valence-corrected chi connectivity index (χ3v) is 3.63. The van der Waals surface area contributed by atoms with E-state index in [0.29, 0.717) is 6.04 Å². The number of hydrogen-bond acceptors (Lipinski definition) is 3. The van der Waals surface area contributed by atoms with Gasteiger partial charge in [0.05, 0.1) is 0 Å². The van der Waals surface area contributed by atoms with Gasteiger partial charge >= 0.3 is 0 Å². The maximum Gasteiger partial charge on any atom is 0.179 e. The summed E-state index contributed by atoms with van der Waals surface area (Å²) in [5, 5.41) is 4.65. The van der Waals surface area contributed by atoms with Crippen LogP contribution in [0.15, 0.2) is 23.7 Å². The number of rotatable bonds is 3. The summed E-state index contributed by atoms with van der Waals surface area (Å²) in [6.45, 7) is 12.1. The van der Waals surface area contributed by atoms with Crippen LogP contribution in [0.2, 0.25) is 0 Å². The molecule has 19 heavy (non-hydrogen) atoms. The number of likely N-dealkylation sites (N-methyl/N-ethyl adjacent to an activating group) is 1. The van der Waals surface area contributed by atoms with Crippen molar-refractivity contribution in [2.24, 2.45) is 4.99 Å². The summed E-state index contributed by atoms with van der Waals surface area (Å²) in [4.78, 5) is 6.81. The molecule has 0 aromatic carbocycles. The van der Waals surface area contributed by atoms with E-state index < -0.39 is 0 Å². The van der Waals surface area contributed by atoms with Gasteiger partial charge in [0.25, 0.3) is 0 Å². The first-order chi connectivity index (χ1) is 8.99. The quantitative estimate of drug-likeness (QED) is 0.778. The van der Waals surface area contributed by atoms with Crippen LogP contribution in [-0.4, -0.2) is 28.6 Å².